The minimum absolute atomic E-state index is 0.274. The predicted octanol–water partition coefficient (Wildman–Crippen LogP) is 5.39. The first-order valence-corrected chi connectivity index (χ1v) is 7.24. The van der Waals surface area contributed by atoms with Crippen LogP contribution in [0.15, 0.2) is 30.9 Å². The van der Waals surface area contributed by atoms with Crippen LogP contribution in [-0.2, 0) is 0 Å². The van der Waals surface area contributed by atoms with Gasteiger partial charge in [-0.1, -0.05) is 48.3 Å². The van der Waals surface area contributed by atoms with Crippen molar-refractivity contribution in [3.8, 4) is 0 Å². The van der Waals surface area contributed by atoms with Gasteiger partial charge in [-0.15, -0.1) is 6.58 Å². The molecule has 0 aliphatic heterocycles. The summed E-state index contributed by atoms with van der Waals surface area (Å²) in [5.74, 6) is 0. The van der Waals surface area contributed by atoms with Crippen LogP contribution in [0.25, 0.3) is 0 Å². The van der Waals surface area contributed by atoms with E-state index in [1.165, 1.54) is 0 Å². The van der Waals surface area contributed by atoms with Crippen molar-refractivity contribution in [2.75, 3.05) is 6.54 Å². The maximum Gasteiger partial charge on any atom is 0.0640 e. The summed E-state index contributed by atoms with van der Waals surface area (Å²) in [7, 11) is 0. The third-order valence-corrected chi connectivity index (χ3v) is 3.73. The molecule has 1 nitrogen and oxygen atoms in total. The molecule has 1 rings (SSSR count). The van der Waals surface area contributed by atoms with Crippen molar-refractivity contribution in [2.24, 2.45) is 0 Å². The molecule has 100 valence electrons. The maximum absolute atomic E-state index is 6.29. The molecular formula is C15H21Cl2N. The molecule has 1 unspecified atom stereocenters. The number of hydrogen-bond donors (Lipinski definition) is 1. The van der Waals surface area contributed by atoms with E-state index in [0.29, 0.717) is 10.0 Å². The van der Waals surface area contributed by atoms with Gasteiger partial charge >= 0.3 is 0 Å². The lowest BCUT2D eigenvalue weighted by Gasteiger charge is -2.20. The molecule has 0 saturated carbocycles. The minimum Gasteiger partial charge on any atom is -0.310 e. The largest absolute Gasteiger partial charge is 0.310 e. The summed E-state index contributed by atoms with van der Waals surface area (Å²) in [6.45, 7) is 6.90. The van der Waals surface area contributed by atoms with Crippen LogP contribution in [0.5, 0.6) is 0 Å². The topological polar surface area (TPSA) is 12.0 Å². The Kier molecular flexibility index (Phi) is 7.41. The molecule has 0 aliphatic carbocycles. The summed E-state index contributed by atoms with van der Waals surface area (Å²) >= 11 is 12.4. The average molecular weight is 286 g/mol. The molecule has 1 aromatic carbocycles. The second-order valence-electron chi connectivity index (χ2n) is 4.37. The van der Waals surface area contributed by atoms with Gasteiger partial charge < -0.3 is 5.32 Å². The maximum atomic E-state index is 6.29. The Morgan fingerprint density at radius 2 is 2.17 bits per heavy atom. The summed E-state index contributed by atoms with van der Waals surface area (Å²) in [5, 5.41) is 4.83. The monoisotopic (exact) mass is 285 g/mol. The standard InChI is InChI=1S/C15H21Cl2N/c1-3-5-6-10-14(18-11-4-2)12-8-7-9-13(16)15(12)17/h3,7-9,14,18H,1,4-6,10-11H2,2H3. The van der Waals surface area contributed by atoms with Crippen LogP contribution in [0.2, 0.25) is 10.0 Å². The smallest absolute Gasteiger partial charge is 0.0640 e. The number of allylic oxidation sites excluding steroid dienone is 1. The van der Waals surface area contributed by atoms with E-state index in [1.807, 2.05) is 18.2 Å². The first-order valence-electron chi connectivity index (χ1n) is 6.48. The van der Waals surface area contributed by atoms with Gasteiger partial charge in [-0.05, 0) is 43.9 Å². The van der Waals surface area contributed by atoms with Crippen molar-refractivity contribution in [3.63, 3.8) is 0 Å². The van der Waals surface area contributed by atoms with Crippen LogP contribution in [0, 0.1) is 0 Å². The van der Waals surface area contributed by atoms with Crippen molar-refractivity contribution >= 4 is 23.2 Å². The van der Waals surface area contributed by atoms with E-state index < -0.39 is 0 Å². The van der Waals surface area contributed by atoms with Gasteiger partial charge in [0.1, 0.15) is 0 Å². The van der Waals surface area contributed by atoms with Gasteiger partial charge in [0, 0.05) is 6.04 Å². The number of halogens is 2. The zero-order chi connectivity index (χ0) is 13.4. The van der Waals surface area contributed by atoms with Crippen molar-refractivity contribution < 1.29 is 0 Å². The molecule has 18 heavy (non-hydrogen) atoms. The van der Waals surface area contributed by atoms with Crippen LogP contribution in [-0.4, -0.2) is 6.54 Å². The van der Waals surface area contributed by atoms with Crippen LogP contribution in [0.3, 0.4) is 0 Å². The fraction of sp³-hybridized carbons (Fsp3) is 0.467. The summed E-state index contributed by atoms with van der Waals surface area (Å²) < 4.78 is 0. The van der Waals surface area contributed by atoms with Crippen LogP contribution in [0.1, 0.15) is 44.2 Å². The van der Waals surface area contributed by atoms with E-state index in [-0.39, 0.29) is 6.04 Å². The normalized spacial score (nSPS) is 12.4. The van der Waals surface area contributed by atoms with Gasteiger partial charge in [0.05, 0.1) is 10.0 Å². The average Bonchev–Trinajstić information content (AvgIpc) is 2.37. The van der Waals surface area contributed by atoms with Crippen LogP contribution in [0.4, 0.5) is 0 Å². The molecule has 0 amide bonds. The quantitative estimate of drug-likeness (QED) is 0.499. The molecule has 0 saturated heterocycles. The highest BCUT2D eigenvalue weighted by Crippen LogP contribution is 2.32. The molecule has 0 radical (unpaired) electrons. The van der Waals surface area contributed by atoms with Crippen molar-refractivity contribution in [1.82, 2.24) is 5.32 Å². The number of unbranched alkanes of at least 4 members (excludes halogenated alkanes) is 1. The second-order valence-corrected chi connectivity index (χ2v) is 5.15. The summed E-state index contributed by atoms with van der Waals surface area (Å²) in [6, 6.07) is 6.11. The first-order chi connectivity index (χ1) is 8.70. The summed E-state index contributed by atoms with van der Waals surface area (Å²) in [6.07, 6.45) is 6.24. The Hall–Kier alpha value is -0.500. The van der Waals surface area contributed by atoms with E-state index in [0.717, 1.165) is 37.8 Å². The minimum atomic E-state index is 0.274. The third-order valence-electron chi connectivity index (χ3n) is 2.90. The molecular weight excluding hydrogens is 265 g/mol. The van der Waals surface area contributed by atoms with Crippen molar-refractivity contribution in [1.29, 1.82) is 0 Å². The fourth-order valence-electron chi connectivity index (χ4n) is 1.94. The van der Waals surface area contributed by atoms with E-state index >= 15 is 0 Å². The second kappa shape index (κ2) is 8.58. The van der Waals surface area contributed by atoms with Gasteiger partial charge in [0.25, 0.3) is 0 Å². The van der Waals surface area contributed by atoms with E-state index in [9.17, 15) is 0 Å². The number of nitrogens with one attached hydrogen (secondary N) is 1. The highest BCUT2D eigenvalue weighted by atomic mass is 35.5. The van der Waals surface area contributed by atoms with E-state index in [1.54, 1.807) is 0 Å². The Morgan fingerprint density at radius 1 is 1.39 bits per heavy atom. The number of hydrogen-bond acceptors (Lipinski definition) is 1. The van der Waals surface area contributed by atoms with Crippen molar-refractivity contribution in [2.45, 2.75) is 38.6 Å². The molecule has 0 fully saturated rings. The highest BCUT2D eigenvalue weighted by Gasteiger charge is 2.15. The lowest BCUT2D eigenvalue weighted by molar-refractivity contribution is 0.486. The Morgan fingerprint density at radius 3 is 2.83 bits per heavy atom. The molecule has 1 atom stereocenters. The SMILES string of the molecule is C=CCCCC(NCCC)c1cccc(Cl)c1Cl. The molecule has 3 heteroatoms. The van der Waals surface area contributed by atoms with Gasteiger partial charge in [-0.25, -0.2) is 0 Å². The Bertz CT molecular complexity index is 377. The van der Waals surface area contributed by atoms with Gasteiger partial charge in [0.2, 0.25) is 0 Å². The highest BCUT2D eigenvalue weighted by molar-refractivity contribution is 6.42. The molecule has 0 bridgehead atoms. The number of rotatable bonds is 8. The first kappa shape index (κ1) is 15.6. The summed E-state index contributed by atoms with van der Waals surface area (Å²) in [5.41, 5.74) is 1.10. The lowest BCUT2D eigenvalue weighted by atomic mass is 10.0. The molecule has 1 aromatic rings. The molecule has 0 aromatic heterocycles. The summed E-state index contributed by atoms with van der Waals surface area (Å²) in [4.78, 5) is 0. The van der Waals surface area contributed by atoms with E-state index in [2.05, 4.69) is 24.9 Å². The number of benzene rings is 1. The van der Waals surface area contributed by atoms with Crippen LogP contribution < -0.4 is 5.32 Å². The third kappa shape index (κ3) is 4.64. The van der Waals surface area contributed by atoms with Gasteiger partial charge in [0.15, 0.2) is 0 Å². The lowest BCUT2D eigenvalue weighted by Crippen LogP contribution is -2.22. The zero-order valence-electron chi connectivity index (χ0n) is 10.9. The molecule has 1 N–H and O–H groups in total. The predicted molar refractivity (Wildman–Crippen MR) is 81.5 cm³/mol. The van der Waals surface area contributed by atoms with Crippen molar-refractivity contribution in [3.05, 3.63) is 46.5 Å². The molecule has 0 heterocycles. The van der Waals surface area contributed by atoms with Crippen LogP contribution >= 0.6 is 23.2 Å². The molecule has 0 aliphatic rings. The van der Waals surface area contributed by atoms with E-state index in [4.69, 9.17) is 23.2 Å². The van der Waals surface area contributed by atoms with Gasteiger partial charge in [-0.2, -0.15) is 0 Å². The van der Waals surface area contributed by atoms with Gasteiger partial charge in [-0.3, -0.25) is 0 Å². The molecule has 0 spiro atoms. The Labute approximate surface area is 120 Å². The Balaban J connectivity index is 2.79. The zero-order valence-corrected chi connectivity index (χ0v) is 12.4. The fourth-order valence-corrected chi connectivity index (χ4v) is 2.38.